The Bertz CT molecular complexity index is 183. The first-order valence-electron chi connectivity index (χ1n) is 4.51. The van der Waals surface area contributed by atoms with Crippen molar-refractivity contribution in [1.82, 2.24) is 0 Å². The van der Waals surface area contributed by atoms with Crippen LogP contribution in [0.3, 0.4) is 0 Å². The molecule has 0 heterocycles. The molecule has 0 aromatic carbocycles. The number of carbonyl (C=O) groups excluding carboxylic acids is 1. The summed E-state index contributed by atoms with van der Waals surface area (Å²) in [5.74, 6) is -3.08. The Morgan fingerprint density at radius 3 is 2.62 bits per heavy atom. The third-order valence-electron chi connectivity index (χ3n) is 1.94. The lowest BCUT2D eigenvalue weighted by Crippen LogP contribution is -2.18. The number of halogens is 2. The Kier molecular flexibility index (Phi) is 3.22. The van der Waals surface area contributed by atoms with Crippen LogP contribution < -0.4 is 0 Å². The van der Waals surface area contributed by atoms with Crippen molar-refractivity contribution in [3.63, 3.8) is 0 Å². The van der Waals surface area contributed by atoms with Crippen molar-refractivity contribution >= 4 is 5.97 Å². The van der Waals surface area contributed by atoms with Crippen molar-refractivity contribution in [3.8, 4) is 0 Å². The van der Waals surface area contributed by atoms with Crippen LogP contribution in [0.15, 0.2) is 0 Å². The van der Waals surface area contributed by atoms with Gasteiger partial charge in [-0.15, -0.1) is 0 Å². The van der Waals surface area contributed by atoms with Gasteiger partial charge in [-0.1, -0.05) is 12.8 Å². The summed E-state index contributed by atoms with van der Waals surface area (Å²) in [7, 11) is 0. The molecule has 0 aliphatic heterocycles. The fourth-order valence-corrected chi connectivity index (χ4v) is 1.05. The van der Waals surface area contributed by atoms with Gasteiger partial charge in [0.05, 0.1) is 6.61 Å². The zero-order chi connectivity index (χ0) is 9.90. The summed E-state index contributed by atoms with van der Waals surface area (Å²) in [6.07, 6.45) is 2.38. The predicted molar refractivity (Wildman–Crippen MR) is 43.5 cm³/mol. The van der Waals surface area contributed by atoms with E-state index in [1.807, 2.05) is 0 Å². The van der Waals surface area contributed by atoms with Gasteiger partial charge in [-0.3, -0.25) is 4.79 Å². The van der Waals surface area contributed by atoms with Gasteiger partial charge in [-0.25, -0.2) is 8.78 Å². The van der Waals surface area contributed by atoms with Crippen molar-refractivity contribution in [2.45, 2.75) is 38.5 Å². The molecule has 0 bridgehead atoms. The second-order valence-electron chi connectivity index (χ2n) is 3.70. The van der Waals surface area contributed by atoms with Gasteiger partial charge in [0.1, 0.15) is 6.42 Å². The van der Waals surface area contributed by atoms with Crippen LogP contribution in [0.1, 0.15) is 32.6 Å². The molecule has 0 saturated heterocycles. The number of carbonyl (C=O) groups is 1. The highest BCUT2D eigenvalue weighted by atomic mass is 19.3. The standard InChI is InChI=1S/C9H14F2O2/c1-9(10,11)6-8(12)13-5-4-7-2-3-7/h7H,2-6H2,1H3. The van der Waals surface area contributed by atoms with Crippen LogP contribution in [-0.4, -0.2) is 18.5 Å². The maximum atomic E-state index is 12.3. The zero-order valence-electron chi connectivity index (χ0n) is 7.69. The Labute approximate surface area is 76.3 Å². The number of ether oxygens (including phenoxy) is 1. The fourth-order valence-electron chi connectivity index (χ4n) is 1.05. The summed E-state index contributed by atoms with van der Waals surface area (Å²) >= 11 is 0. The Morgan fingerprint density at radius 2 is 2.15 bits per heavy atom. The van der Waals surface area contributed by atoms with Crippen molar-refractivity contribution in [2.75, 3.05) is 6.61 Å². The largest absolute Gasteiger partial charge is 0.466 e. The number of hydrogen-bond acceptors (Lipinski definition) is 2. The minimum Gasteiger partial charge on any atom is -0.466 e. The van der Waals surface area contributed by atoms with Gasteiger partial charge in [0.2, 0.25) is 0 Å². The van der Waals surface area contributed by atoms with Crippen LogP contribution in [0, 0.1) is 5.92 Å². The van der Waals surface area contributed by atoms with Gasteiger partial charge in [0, 0.05) is 0 Å². The molecule has 0 amide bonds. The number of alkyl halides is 2. The van der Waals surface area contributed by atoms with Gasteiger partial charge in [-0.05, 0) is 19.3 Å². The zero-order valence-corrected chi connectivity index (χ0v) is 7.69. The van der Waals surface area contributed by atoms with E-state index in [2.05, 4.69) is 4.74 Å². The lowest BCUT2D eigenvalue weighted by atomic mass is 10.3. The molecule has 0 atom stereocenters. The van der Waals surface area contributed by atoms with E-state index in [0.717, 1.165) is 13.3 Å². The number of rotatable bonds is 5. The molecule has 4 heteroatoms. The predicted octanol–water partition coefficient (Wildman–Crippen LogP) is 2.38. The SMILES string of the molecule is CC(F)(F)CC(=O)OCCC1CC1. The van der Waals surface area contributed by atoms with Crippen LogP contribution >= 0.6 is 0 Å². The van der Waals surface area contributed by atoms with Crippen LogP contribution in [0.2, 0.25) is 0 Å². The van der Waals surface area contributed by atoms with E-state index in [1.165, 1.54) is 12.8 Å². The topological polar surface area (TPSA) is 26.3 Å². The molecule has 13 heavy (non-hydrogen) atoms. The lowest BCUT2D eigenvalue weighted by Gasteiger charge is -2.09. The van der Waals surface area contributed by atoms with E-state index in [4.69, 9.17) is 0 Å². The molecule has 0 N–H and O–H groups in total. The normalized spacial score (nSPS) is 17.2. The number of esters is 1. The molecule has 76 valence electrons. The van der Waals surface area contributed by atoms with Crippen LogP contribution in [0.4, 0.5) is 8.78 Å². The highest BCUT2D eigenvalue weighted by Gasteiger charge is 2.27. The van der Waals surface area contributed by atoms with Crippen LogP contribution in [0.25, 0.3) is 0 Å². The molecule has 0 aromatic rings. The summed E-state index contributed by atoms with van der Waals surface area (Å²) in [5.41, 5.74) is 0. The first-order chi connectivity index (χ1) is 5.97. The van der Waals surface area contributed by atoms with Gasteiger partial charge >= 0.3 is 5.97 Å². The van der Waals surface area contributed by atoms with E-state index in [9.17, 15) is 13.6 Å². The maximum absolute atomic E-state index is 12.3. The van der Waals surface area contributed by atoms with E-state index in [-0.39, 0.29) is 0 Å². The monoisotopic (exact) mass is 192 g/mol. The molecule has 2 nitrogen and oxygen atoms in total. The summed E-state index contributed by atoms with van der Waals surface area (Å²) in [6.45, 7) is 1.01. The molecule has 0 spiro atoms. The second-order valence-corrected chi connectivity index (χ2v) is 3.70. The summed E-state index contributed by atoms with van der Waals surface area (Å²) in [5, 5.41) is 0. The first kappa shape index (κ1) is 10.4. The Balaban J connectivity index is 2.02. The summed E-state index contributed by atoms with van der Waals surface area (Å²) in [4.78, 5) is 10.8. The first-order valence-corrected chi connectivity index (χ1v) is 4.51. The smallest absolute Gasteiger partial charge is 0.311 e. The number of hydrogen-bond donors (Lipinski definition) is 0. The van der Waals surface area contributed by atoms with Crippen molar-refractivity contribution in [2.24, 2.45) is 5.92 Å². The van der Waals surface area contributed by atoms with Crippen LogP contribution in [0.5, 0.6) is 0 Å². The van der Waals surface area contributed by atoms with Crippen molar-refractivity contribution in [3.05, 3.63) is 0 Å². The Morgan fingerprint density at radius 1 is 1.54 bits per heavy atom. The molecule has 1 saturated carbocycles. The van der Waals surface area contributed by atoms with Gasteiger partial charge < -0.3 is 4.74 Å². The molecule has 0 unspecified atom stereocenters. The molecular formula is C9H14F2O2. The minimum absolute atomic E-state index is 0.291. The quantitative estimate of drug-likeness (QED) is 0.625. The average Bonchev–Trinajstić information content (AvgIpc) is 2.66. The van der Waals surface area contributed by atoms with Gasteiger partial charge in [0.15, 0.2) is 0 Å². The molecule has 1 fully saturated rings. The maximum Gasteiger partial charge on any atom is 0.311 e. The molecule has 1 rings (SSSR count). The highest BCUT2D eigenvalue weighted by Crippen LogP contribution is 2.32. The highest BCUT2D eigenvalue weighted by molar-refractivity contribution is 5.70. The van der Waals surface area contributed by atoms with E-state index in [0.29, 0.717) is 12.5 Å². The van der Waals surface area contributed by atoms with Crippen molar-refractivity contribution < 1.29 is 18.3 Å². The van der Waals surface area contributed by atoms with E-state index >= 15 is 0 Å². The van der Waals surface area contributed by atoms with Gasteiger partial charge in [-0.2, -0.15) is 0 Å². The van der Waals surface area contributed by atoms with Crippen molar-refractivity contribution in [1.29, 1.82) is 0 Å². The average molecular weight is 192 g/mol. The minimum atomic E-state index is -2.95. The summed E-state index contributed by atoms with van der Waals surface area (Å²) < 4.78 is 29.2. The van der Waals surface area contributed by atoms with E-state index in [1.54, 1.807) is 0 Å². The molecular weight excluding hydrogens is 178 g/mol. The molecule has 0 radical (unpaired) electrons. The van der Waals surface area contributed by atoms with Gasteiger partial charge in [0.25, 0.3) is 5.92 Å². The summed E-state index contributed by atoms with van der Waals surface area (Å²) in [6, 6.07) is 0. The molecule has 0 aromatic heterocycles. The lowest BCUT2D eigenvalue weighted by molar-refractivity contribution is -0.150. The molecule has 1 aliphatic carbocycles. The second kappa shape index (κ2) is 4.03. The van der Waals surface area contributed by atoms with E-state index < -0.39 is 18.3 Å². The Hall–Kier alpha value is -0.670. The third kappa shape index (κ3) is 5.55. The van der Waals surface area contributed by atoms with Crippen LogP contribution in [-0.2, 0) is 9.53 Å². The molecule has 1 aliphatic rings. The fraction of sp³-hybridized carbons (Fsp3) is 0.889. The third-order valence-corrected chi connectivity index (χ3v) is 1.94.